The van der Waals surface area contributed by atoms with Gasteiger partial charge in [-0.25, -0.2) is 14.4 Å². The lowest BCUT2D eigenvalue weighted by Gasteiger charge is -2.11. The van der Waals surface area contributed by atoms with Gasteiger partial charge in [-0.05, 0) is 53.1 Å². The molecule has 5 rings (SSSR count). The van der Waals surface area contributed by atoms with Gasteiger partial charge < -0.3 is 10.3 Å². The Balaban J connectivity index is 1.63. The van der Waals surface area contributed by atoms with Crippen molar-refractivity contribution >= 4 is 27.8 Å². The number of aromatic nitrogens is 3. The number of hydrogen-bond donors (Lipinski definition) is 1. The number of halogens is 1. The molecule has 0 bridgehead atoms. The molecule has 0 fully saturated rings. The minimum absolute atomic E-state index is 0.173. The van der Waals surface area contributed by atoms with Crippen LogP contribution in [-0.4, -0.2) is 20.4 Å². The highest BCUT2D eigenvalue weighted by atomic mass is 19.1. The molecule has 3 aromatic carbocycles. The molecular weight excluding hydrogens is 379 g/mol. The Labute approximate surface area is 171 Å². The van der Waals surface area contributed by atoms with Crippen molar-refractivity contribution in [2.75, 3.05) is 0 Å². The first-order valence-electron chi connectivity index (χ1n) is 9.48. The van der Waals surface area contributed by atoms with Gasteiger partial charge in [0, 0.05) is 11.9 Å². The fourth-order valence-corrected chi connectivity index (χ4v) is 3.70. The third-order valence-electron chi connectivity index (χ3n) is 5.16. The summed E-state index contributed by atoms with van der Waals surface area (Å²) in [4.78, 5) is 20.7. The largest absolute Gasteiger partial charge is 0.364 e. The summed E-state index contributed by atoms with van der Waals surface area (Å²) in [5.41, 5.74) is 10.9. The van der Waals surface area contributed by atoms with Crippen LogP contribution >= 0.6 is 0 Å². The highest BCUT2D eigenvalue weighted by Gasteiger charge is 2.12. The van der Waals surface area contributed by atoms with Gasteiger partial charge in [0.2, 0.25) is 0 Å². The zero-order valence-electron chi connectivity index (χ0n) is 15.9. The van der Waals surface area contributed by atoms with E-state index in [1.54, 1.807) is 18.2 Å². The second kappa shape index (κ2) is 7.08. The number of benzene rings is 3. The molecule has 0 aliphatic carbocycles. The molecular formula is C24H17FN4O. The summed E-state index contributed by atoms with van der Waals surface area (Å²) in [6, 6.07) is 21.7. The standard InChI is InChI=1S/C24H17FN4O/c25-17-8-6-16(7-9-17)19-12-22(24(26)30)28-21-11-15(5-10-18(19)21)13-29-14-27-20-3-1-2-4-23(20)29/h1-12,14H,13H2,(H2,26,30). The van der Waals surface area contributed by atoms with Crippen LogP contribution in [0.5, 0.6) is 0 Å². The van der Waals surface area contributed by atoms with Crippen LogP contribution in [0, 0.1) is 5.82 Å². The normalized spacial score (nSPS) is 11.2. The number of hydrogen-bond acceptors (Lipinski definition) is 3. The van der Waals surface area contributed by atoms with E-state index in [0.29, 0.717) is 12.1 Å². The SMILES string of the molecule is NC(=O)c1cc(-c2ccc(F)cc2)c2ccc(Cn3cnc4ccccc43)cc2n1. The van der Waals surface area contributed by atoms with Crippen molar-refractivity contribution < 1.29 is 9.18 Å². The number of nitrogens with two attached hydrogens (primary N) is 1. The predicted molar refractivity (Wildman–Crippen MR) is 114 cm³/mol. The van der Waals surface area contributed by atoms with Crippen molar-refractivity contribution in [2.24, 2.45) is 5.73 Å². The molecule has 0 saturated carbocycles. The molecule has 30 heavy (non-hydrogen) atoms. The molecule has 0 aliphatic rings. The van der Waals surface area contributed by atoms with Gasteiger partial charge in [0.25, 0.3) is 5.91 Å². The minimum atomic E-state index is -0.605. The molecule has 2 N–H and O–H groups in total. The van der Waals surface area contributed by atoms with E-state index in [4.69, 9.17) is 5.73 Å². The van der Waals surface area contributed by atoms with Crippen LogP contribution in [0.1, 0.15) is 16.1 Å². The first-order chi connectivity index (χ1) is 14.6. The zero-order chi connectivity index (χ0) is 20.7. The second-order valence-corrected chi connectivity index (χ2v) is 7.14. The molecule has 0 atom stereocenters. The van der Waals surface area contributed by atoms with Crippen molar-refractivity contribution in [1.82, 2.24) is 14.5 Å². The first kappa shape index (κ1) is 18.0. The average Bonchev–Trinajstić information content (AvgIpc) is 3.16. The van der Waals surface area contributed by atoms with E-state index >= 15 is 0 Å². The number of imidazole rings is 1. The number of fused-ring (bicyclic) bond motifs is 2. The van der Waals surface area contributed by atoms with E-state index in [0.717, 1.165) is 33.1 Å². The highest BCUT2D eigenvalue weighted by molar-refractivity contribution is 6.01. The Morgan fingerprint density at radius 1 is 0.967 bits per heavy atom. The first-order valence-corrected chi connectivity index (χ1v) is 9.48. The summed E-state index contributed by atoms with van der Waals surface area (Å²) < 4.78 is 15.4. The molecule has 0 unspecified atom stereocenters. The number of para-hydroxylation sites is 2. The molecule has 5 nitrogen and oxygen atoms in total. The summed E-state index contributed by atoms with van der Waals surface area (Å²) in [6.45, 7) is 0.616. The fourth-order valence-electron chi connectivity index (χ4n) is 3.70. The van der Waals surface area contributed by atoms with Gasteiger partial charge in [-0.15, -0.1) is 0 Å². The molecule has 0 spiro atoms. The number of carbonyl (C=O) groups is 1. The van der Waals surface area contributed by atoms with Crippen molar-refractivity contribution in [3.05, 3.63) is 96.2 Å². The van der Waals surface area contributed by atoms with Gasteiger partial charge in [-0.3, -0.25) is 4.79 Å². The average molecular weight is 396 g/mol. The minimum Gasteiger partial charge on any atom is -0.364 e. The van der Waals surface area contributed by atoms with Gasteiger partial charge in [0.15, 0.2) is 0 Å². The number of rotatable bonds is 4. The quantitative estimate of drug-likeness (QED) is 0.485. The maximum Gasteiger partial charge on any atom is 0.267 e. The summed E-state index contributed by atoms with van der Waals surface area (Å²) in [5.74, 6) is -0.923. The summed E-state index contributed by atoms with van der Waals surface area (Å²) in [6.07, 6.45) is 1.81. The van der Waals surface area contributed by atoms with E-state index in [1.165, 1.54) is 12.1 Å². The Morgan fingerprint density at radius 3 is 2.57 bits per heavy atom. The van der Waals surface area contributed by atoms with E-state index in [9.17, 15) is 9.18 Å². The molecule has 1 amide bonds. The fraction of sp³-hybridized carbons (Fsp3) is 0.0417. The molecule has 6 heteroatoms. The number of carbonyl (C=O) groups excluding carboxylic acids is 1. The number of pyridine rings is 1. The second-order valence-electron chi connectivity index (χ2n) is 7.14. The lowest BCUT2D eigenvalue weighted by atomic mass is 9.98. The molecule has 5 aromatic rings. The van der Waals surface area contributed by atoms with E-state index in [1.807, 2.05) is 48.8 Å². The van der Waals surface area contributed by atoms with E-state index in [2.05, 4.69) is 14.5 Å². The number of nitrogens with zero attached hydrogens (tertiary/aromatic N) is 3. The van der Waals surface area contributed by atoms with Crippen molar-refractivity contribution in [3.63, 3.8) is 0 Å². The summed E-state index contributed by atoms with van der Waals surface area (Å²) in [5, 5.41) is 0.867. The molecule has 2 heterocycles. The van der Waals surface area contributed by atoms with Crippen molar-refractivity contribution in [1.29, 1.82) is 0 Å². The monoisotopic (exact) mass is 396 g/mol. The summed E-state index contributed by atoms with van der Waals surface area (Å²) >= 11 is 0. The van der Waals surface area contributed by atoms with Gasteiger partial charge in [0.05, 0.1) is 22.9 Å². The summed E-state index contributed by atoms with van der Waals surface area (Å²) in [7, 11) is 0. The Hall–Kier alpha value is -4.06. The van der Waals surface area contributed by atoms with Crippen LogP contribution in [0.2, 0.25) is 0 Å². The number of amides is 1. The smallest absolute Gasteiger partial charge is 0.267 e. The molecule has 146 valence electrons. The highest BCUT2D eigenvalue weighted by Crippen LogP contribution is 2.30. The van der Waals surface area contributed by atoms with Crippen LogP contribution in [0.15, 0.2) is 79.1 Å². The molecule has 0 aliphatic heterocycles. The van der Waals surface area contributed by atoms with Gasteiger partial charge in [-0.2, -0.15) is 0 Å². The molecule has 0 radical (unpaired) electrons. The third-order valence-corrected chi connectivity index (χ3v) is 5.16. The van der Waals surface area contributed by atoms with Crippen molar-refractivity contribution in [2.45, 2.75) is 6.54 Å². The van der Waals surface area contributed by atoms with E-state index in [-0.39, 0.29) is 11.5 Å². The Bertz CT molecular complexity index is 1410. The Morgan fingerprint density at radius 2 is 1.77 bits per heavy atom. The van der Waals surface area contributed by atoms with Crippen LogP contribution in [0.25, 0.3) is 33.1 Å². The Kier molecular flexibility index (Phi) is 4.25. The maximum atomic E-state index is 13.4. The topological polar surface area (TPSA) is 73.8 Å². The van der Waals surface area contributed by atoms with Crippen LogP contribution < -0.4 is 5.73 Å². The van der Waals surface area contributed by atoms with E-state index < -0.39 is 5.91 Å². The molecule has 2 aromatic heterocycles. The predicted octanol–water partition coefficient (Wildman–Crippen LogP) is 4.54. The van der Waals surface area contributed by atoms with Crippen LogP contribution in [0.3, 0.4) is 0 Å². The molecule has 0 saturated heterocycles. The maximum absolute atomic E-state index is 13.4. The van der Waals surface area contributed by atoms with Gasteiger partial charge in [-0.1, -0.05) is 36.4 Å². The van der Waals surface area contributed by atoms with Crippen molar-refractivity contribution in [3.8, 4) is 11.1 Å². The lowest BCUT2D eigenvalue weighted by molar-refractivity contribution is 0.0996. The van der Waals surface area contributed by atoms with Gasteiger partial charge >= 0.3 is 0 Å². The van der Waals surface area contributed by atoms with Crippen LogP contribution in [-0.2, 0) is 6.54 Å². The third kappa shape index (κ3) is 3.18. The van der Waals surface area contributed by atoms with Crippen LogP contribution in [0.4, 0.5) is 4.39 Å². The zero-order valence-corrected chi connectivity index (χ0v) is 15.9. The number of primary amides is 1. The van der Waals surface area contributed by atoms with Gasteiger partial charge in [0.1, 0.15) is 11.5 Å². The lowest BCUT2D eigenvalue weighted by Crippen LogP contribution is -2.13.